The molecule has 2 aromatic rings. The summed E-state index contributed by atoms with van der Waals surface area (Å²) >= 11 is 0. The maximum Gasteiger partial charge on any atom is 0.336 e. The minimum atomic E-state index is -1.46. The smallest absolute Gasteiger partial charge is 0.336 e. The molecule has 0 heterocycles. The minimum Gasteiger partial charge on any atom is -0.493 e. The predicted molar refractivity (Wildman–Crippen MR) is 130 cm³/mol. The first-order valence-corrected chi connectivity index (χ1v) is 11.4. The van der Waals surface area contributed by atoms with Gasteiger partial charge in [0.1, 0.15) is 0 Å². The van der Waals surface area contributed by atoms with Crippen LogP contribution < -0.4 is 14.8 Å². The Hall–Kier alpha value is -3.52. The molecule has 2 aromatic carbocycles. The predicted octanol–water partition coefficient (Wildman–Crippen LogP) is 2.99. The molecule has 3 rings (SSSR count). The quantitative estimate of drug-likeness (QED) is 0.525. The van der Waals surface area contributed by atoms with Gasteiger partial charge < -0.3 is 29.4 Å². The number of benzene rings is 2. The Balaban J connectivity index is 1.99. The van der Waals surface area contributed by atoms with Gasteiger partial charge in [0.2, 0.25) is 0 Å². The lowest BCUT2D eigenvalue weighted by atomic mass is 9.66. The van der Waals surface area contributed by atoms with Gasteiger partial charge in [0.15, 0.2) is 11.5 Å². The maximum atomic E-state index is 13.0. The summed E-state index contributed by atoms with van der Waals surface area (Å²) in [6, 6.07) is 14.8. The summed E-state index contributed by atoms with van der Waals surface area (Å²) < 4.78 is 20.8. The van der Waals surface area contributed by atoms with Crippen LogP contribution >= 0.6 is 0 Å². The van der Waals surface area contributed by atoms with Crippen LogP contribution in [0, 0.1) is 5.92 Å². The van der Waals surface area contributed by atoms with Crippen LogP contribution in [0.4, 0.5) is 0 Å². The summed E-state index contributed by atoms with van der Waals surface area (Å²) in [5, 5.41) is 14.7. The second-order valence-electron chi connectivity index (χ2n) is 8.67. The molecule has 0 amide bonds. The molecule has 2 N–H and O–H groups in total. The summed E-state index contributed by atoms with van der Waals surface area (Å²) in [5.41, 5.74) is 1.10. The van der Waals surface area contributed by atoms with E-state index in [4.69, 9.17) is 18.9 Å². The fourth-order valence-corrected chi connectivity index (χ4v) is 4.72. The standard InChI is InChI=1S/C27H33NO7/c1-27(31)16-19(28-14-13-17-11-12-20(32-2)21(15-17)33-3)23(25(29)34-4)22(24(27)26(30)35-5)18-9-7-6-8-10-18/h6-12,15,22,24,28,31H,13-14,16H2,1-5H3/t22-,24-,27-/m1/s1. The lowest BCUT2D eigenvalue weighted by Crippen LogP contribution is -2.50. The molecule has 8 nitrogen and oxygen atoms in total. The molecule has 1 aliphatic rings. The molecule has 3 atom stereocenters. The van der Waals surface area contributed by atoms with E-state index in [1.165, 1.54) is 14.2 Å². The number of carbonyl (C=O) groups is 2. The highest BCUT2D eigenvalue weighted by molar-refractivity contribution is 5.93. The molecule has 188 valence electrons. The lowest BCUT2D eigenvalue weighted by Gasteiger charge is -2.42. The fourth-order valence-electron chi connectivity index (χ4n) is 4.72. The maximum absolute atomic E-state index is 13.0. The monoisotopic (exact) mass is 483 g/mol. The molecule has 0 fully saturated rings. The summed E-state index contributed by atoms with van der Waals surface area (Å²) in [5.74, 6) is -1.61. The third-order valence-corrected chi connectivity index (χ3v) is 6.39. The topological polar surface area (TPSA) is 103 Å². The van der Waals surface area contributed by atoms with E-state index in [1.54, 1.807) is 21.1 Å². The van der Waals surface area contributed by atoms with Gasteiger partial charge in [-0.3, -0.25) is 4.79 Å². The van der Waals surface area contributed by atoms with Crippen LogP contribution in [0.1, 0.15) is 30.4 Å². The van der Waals surface area contributed by atoms with E-state index in [0.717, 1.165) is 5.56 Å². The average Bonchev–Trinajstić information content (AvgIpc) is 2.87. The zero-order chi connectivity index (χ0) is 25.6. The van der Waals surface area contributed by atoms with Crippen molar-refractivity contribution in [3.8, 4) is 11.5 Å². The highest BCUT2D eigenvalue weighted by atomic mass is 16.5. The van der Waals surface area contributed by atoms with Gasteiger partial charge in [-0.15, -0.1) is 0 Å². The number of esters is 2. The van der Waals surface area contributed by atoms with E-state index >= 15 is 0 Å². The number of rotatable bonds is 9. The summed E-state index contributed by atoms with van der Waals surface area (Å²) in [6.45, 7) is 2.07. The third-order valence-electron chi connectivity index (χ3n) is 6.39. The molecule has 0 aliphatic heterocycles. The van der Waals surface area contributed by atoms with E-state index in [2.05, 4.69) is 5.32 Å². The Morgan fingerprint density at radius 3 is 2.29 bits per heavy atom. The van der Waals surface area contributed by atoms with Crippen molar-refractivity contribution >= 4 is 11.9 Å². The number of carbonyl (C=O) groups excluding carboxylic acids is 2. The first-order valence-electron chi connectivity index (χ1n) is 11.4. The second kappa shape index (κ2) is 11.3. The zero-order valence-corrected chi connectivity index (χ0v) is 20.8. The zero-order valence-electron chi connectivity index (χ0n) is 20.8. The molecule has 35 heavy (non-hydrogen) atoms. The van der Waals surface area contributed by atoms with Gasteiger partial charge in [-0.25, -0.2) is 4.79 Å². The van der Waals surface area contributed by atoms with Crippen LogP contribution in [0.5, 0.6) is 11.5 Å². The number of nitrogens with one attached hydrogen (secondary N) is 1. The summed E-state index contributed by atoms with van der Waals surface area (Å²) in [7, 11) is 5.75. The van der Waals surface area contributed by atoms with Crippen LogP contribution in [0.2, 0.25) is 0 Å². The van der Waals surface area contributed by atoms with Gasteiger partial charge in [-0.05, 0) is 36.6 Å². The molecule has 0 spiro atoms. The molecule has 0 bridgehead atoms. The van der Waals surface area contributed by atoms with Gasteiger partial charge in [-0.1, -0.05) is 36.4 Å². The Kier molecular flexibility index (Phi) is 8.40. The Morgan fingerprint density at radius 1 is 1.00 bits per heavy atom. The van der Waals surface area contributed by atoms with Gasteiger partial charge in [0.25, 0.3) is 0 Å². The first-order chi connectivity index (χ1) is 16.8. The van der Waals surface area contributed by atoms with Gasteiger partial charge in [0, 0.05) is 24.6 Å². The van der Waals surface area contributed by atoms with E-state index in [-0.39, 0.29) is 6.42 Å². The Bertz CT molecular complexity index is 1080. The SMILES string of the molecule is COC(=O)C1=C(NCCc2ccc(OC)c(OC)c2)C[C@@](C)(O)[C@@H](C(=O)OC)[C@@H]1c1ccccc1. The molecule has 0 radical (unpaired) electrons. The highest BCUT2D eigenvalue weighted by Crippen LogP contribution is 2.47. The van der Waals surface area contributed by atoms with E-state index in [9.17, 15) is 14.7 Å². The average molecular weight is 484 g/mol. The van der Waals surface area contributed by atoms with Crippen LogP contribution in [-0.4, -0.2) is 57.6 Å². The number of ether oxygens (including phenoxy) is 4. The first kappa shape index (κ1) is 26.1. The minimum absolute atomic E-state index is 0.0620. The van der Waals surface area contributed by atoms with Crippen molar-refractivity contribution in [1.29, 1.82) is 0 Å². The molecular weight excluding hydrogens is 450 g/mol. The summed E-state index contributed by atoms with van der Waals surface area (Å²) in [6.07, 6.45) is 0.684. The van der Waals surface area contributed by atoms with Gasteiger partial charge >= 0.3 is 11.9 Å². The number of aliphatic hydroxyl groups is 1. The van der Waals surface area contributed by atoms with Crippen LogP contribution in [-0.2, 0) is 25.5 Å². The molecule has 8 heteroatoms. The number of methoxy groups -OCH3 is 4. The fraction of sp³-hybridized carbons (Fsp3) is 0.407. The molecule has 0 saturated carbocycles. The van der Waals surface area contributed by atoms with E-state index in [1.807, 2.05) is 48.5 Å². The molecule has 0 saturated heterocycles. The van der Waals surface area contributed by atoms with Crippen LogP contribution in [0.25, 0.3) is 0 Å². The van der Waals surface area contributed by atoms with Crippen molar-refractivity contribution in [1.82, 2.24) is 5.32 Å². The lowest BCUT2D eigenvalue weighted by molar-refractivity contribution is -0.157. The molecule has 1 aliphatic carbocycles. The highest BCUT2D eigenvalue weighted by Gasteiger charge is 2.52. The normalized spacial score (nSPS) is 21.8. The molecule has 0 aromatic heterocycles. The number of hydrogen-bond acceptors (Lipinski definition) is 8. The molecule has 0 unspecified atom stereocenters. The van der Waals surface area contributed by atoms with E-state index in [0.29, 0.717) is 41.3 Å². The van der Waals surface area contributed by atoms with Gasteiger partial charge in [-0.2, -0.15) is 0 Å². The Labute approximate surface area is 205 Å². The largest absolute Gasteiger partial charge is 0.493 e. The van der Waals surface area contributed by atoms with Crippen molar-refractivity contribution in [2.75, 3.05) is 35.0 Å². The van der Waals surface area contributed by atoms with Crippen molar-refractivity contribution in [3.63, 3.8) is 0 Å². The summed E-state index contributed by atoms with van der Waals surface area (Å²) in [4.78, 5) is 25.9. The van der Waals surface area contributed by atoms with Gasteiger partial charge in [0.05, 0.1) is 45.5 Å². The Morgan fingerprint density at radius 2 is 1.69 bits per heavy atom. The van der Waals surface area contributed by atoms with Crippen LogP contribution in [0.15, 0.2) is 59.8 Å². The van der Waals surface area contributed by atoms with Crippen molar-refractivity contribution < 1.29 is 33.6 Å². The van der Waals surface area contributed by atoms with Crippen molar-refractivity contribution in [2.45, 2.75) is 31.3 Å². The van der Waals surface area contributed by atoms with Crippen molar-refractivity contribution in [2.24, 2.45) is 5.92 Å². The van der Waals surface area contributed by atoms with E-state index < -0.39 is 29.4 Å². The van der Waals surface area contributed by atoms with Crippen molar-refractivity contribution in [3.05, 3.63) is 70.9 Å². The second-order valence-corrected chi connectivity index (χ2v) is 8.67. The van der Waals surface area contributed by atoms with Crippen LogP contribution in [0.3, 0.4) is 0 Å². The third kappa shape index (κ3) is 5.59. The number of hydrogen-bond donors (Lipinski definition) is 2. The molecular formula is C27H33NO7.